The number of nitrogens with one attached hydrogen (secondary N) is 1. The molecule has 0 bridgehead atoms. The summed E-state index contributed by atoms with van der Waals surface area (Å²) in [7, 11) is -3.47. The fraction of sp³-hybridized carbons (Fsp3) is 0.438. The monoisotopic (exact) mass is 370 g/mol. The molecule has 0 aliphatic carbocycles. The van der Waals surface area contributed by atoms with Gasteiger partial charge in [-0.1, -0.05) is 37.3 Å². The summed E-state index contributed by atoms with van der Waals surface area (Å²) < 4.78 is 23.5. The van der Waals surface area contributed by atoms with E-state index in [1.807, 2.05) is 6.07 Å². The number of carbonyl (C=O) groups is 3. The molecule has 0 radical (unpaired) electrons. The van der Waals surface area contributed by atoms with Gasteiger partial charge in [0, 0.05) is 13.3 Å². The Morgan fingerprint density at radius 3 is 2.36 bits per heavy atom. The van der Waals surface area contributed by atoms with Crippen LogP contribution in [-0.2, 0) is 24.2 Å². The summed E-state index contributed by atoms with van der Waals surface area (Å²) in [4.78, 5) is 34.0. The molecule has 2 N–H and O–H groups in total. The van der Waals surface area contributed by atoms with E-state index < -0.39 is 39.9 Å². The van der Waals surface area contributed by atoms with Crippen molar-refractivity contribution >= 4 is 27.9 Å². The third-order valence-electron chi connectivity index (χ3n) is 3.11. The molecule has 0 saturated carbocycles. The number of ether oxygens (including phenoxy) is 1. The molecule has 1 rings (SSSR count). The van der Waals surface area contributed by atoms with E-state index in [-0.39, 0.29) is 12.2 Å². The molecule has 138 valence electrons. The highest BCUT2D eigenvalue weighted by molar-refractivity contribution is 7.92. The average Bonchev–Trinajstić information content (AvgIpc) is 2.45. The van der Waals surface area contributed by atoms with Crippen LogP contribution in [0.3, 0.4) is 0 Å². The zero-order valence-corrected chi connectivity index (χ0v) is 15.1. The van der Waals surface area contributed by atoms with E-state index >= 15 is 0 Å². The maximum absolute atomic E-state index is 12.7. The van der Waals surface area contributed by atoms with Crippen LogP contribution in [0.25, 0.3) is 0 Å². The Morgan fingerprint density at radius 2 is 1.84 bits per heavy atom. The van der Waals surface area contributed by atoms with Crippen molar-refractivity contribution in [2.45, 2.75) is 33.3 Å². The molecule has 8 nitrogen and oxygen atoms in total. The second-order valence-electron chi connectivity index (χ2n) is 5.70. The molecule has 0 saturated heterocycles. The van der Waals surface area contributed by atoms with Crippen LogP contribution < -0.4 is 4.72 Å². The number of aliphatic carboxylic acids is 1. The number of amides is 2. The summed E-state index contributed by atoms with van der Waals surface area (Å²) in [5.74, 6) is -2.54. The third kappa shape index (κ3) is 7.79. The molecule has 25 heavy (non-hydrogen) atoms. The van der Waals surface area contributed by atoms with E-state index in [2.05, 4.69) is 9.08 Å². The first kappa shape index (κ1) is 20.6. The number of carboxylic acid groups (broad SMARTS) is 1. The largest absolute Gasteiger partial charge is 0.481 e. The fourth-order valence-corrected chi connectivity index (χ4v) is 3.98. The number of carboxylic acids is 1. The minimum Gasteiger partial charge on any atom is -0.481 e. The van der Waals surface area contributed by atoms with Gasteiger partial charge in [-0.3, -0.25) is 14.3 Å². The smallest absolute Gasteiger partial charge is 0.443 e. The molecule has 0 heterocycles. The summed E-state index contributed by atoms with van der Waals surface area (Å²) >= 11 is 0. The highest BCUT2D eigenvalue weighted by atomic mass is 32.2. The highest BCUT2D eigenvalue weighted by Gasteiger charge is 2.21. The Morgan fingerprint density at radius 1 is 1.24 bits per heavy atom. The zero-order chi connectivity index (χ0) is 19.0. The second-order valence-corrected chi connectivity index (χ2v) is 7.70. The van der Waals surface area contributed by atoms with Crippen molar-refractivity contribution < 1.29 is 28.4 Å². The predicted octanol–water partition coefficient (Wildman–Crippen LogP) is 2.51. The highest BCUT2D eigenvalue weighted by Crippen LogP contribution is 2.17. The first-order chi connectivity index (χ1) is 11.6. The van der Waals surface area contributed by atoms with Crippen LogP contribution in [0.2, 0.25) is 0 Å². The number of benzene rings is 1. The van der Waals surface area contributed by atoms with Crippen molar-refractivity contribution in [3.05, 3.63) is 35.9 Å². The minimum absolute atomic E-state index is 0.262. The lowest BCUT2D eigenvalue weighted by Gasteiger charge is -2.15. The average molecular weight is 370 g/mol. The first-order valence-corrected chi connectivity index (χ1v) is 9.30. The minimum atomic E-state index is -3.47. The lowest BCUT2D eigenvalue weighted by molar-refractivity contribution is -0.137. The lowest BCUT2D eigenvalue weighted by atomic mass is 10.1. The van der Waals surface area contributed by atoms with Crippen LogP contribution in [0.15, 0.2) is 34.7 Å². The number of carbonyl (C=O) groups excluding carboxylic acids is 2. The number of hydrogen-bond donors (Lipinski definition) is 2. The molecule has 9 heteroatoms. The van der Waals surface area contributed by atoms with Crippen LogP contribution in [0.1, 0.15) is 38.9 Å². The Kier molecular flexibility index (Phi) is 7.56. The molecule has 0 aromatic heterocycles. The molecule has 0 aliphatic rings. The Hall–Kier alpha value is -2.42. The lowest BCUT2D eigenvalue weighted by Crippen LogP contribution is -2.34. The summed E-state index contributed by atoms with van der Waals surface area (Å²) in [6, 6.07) is 8.90. The van der Waals surface area contributed by atoms with Crippen molar-refractivity contribution in [2.24, 2.45) is 10.3 Å². The van der Waals surface area contributed by atoms with Gasteiger partial charge in [0.05, 0.1) is 5.75 Å². The van der Waals surface area contributed by atoms with E-state index in [1.54, 1.807) is 38.1 Å². The maximum atomic E-state index is 12.7. The van der Waals surface area contributed by atoms with Crippen LogP contribution in [0, 0.1) is 5.92 Å². The molecular formula is C16H22N2O6S. The van der Waals surface area contributed by atoms with Gasteiger partial charge in [-0.05, 0) is 18.4 Å². The molecule has 0 unspecified atom stereocenters. The number of nitrogens with zero attached hydrogens (tertiary/aromatic N) is 1. The standard InChI is InChI=1S/C16H22N2O6S/c1-11(9-15(20)21)10-25(23,17-13(3)19)18-16(22)24-12(2)14-7-5-4-6-8-14/h4-8,11-12H,9-10H2,1-3H3,(H,20,21)(H,17,18,19,22,23)/t11-,12-,25+/m0/s1. The zero-order valence-electron chi connectivity index (χ0n) is 14.3. The summed E-state index contributed by atoms with van der Waals surface area (Å²) in [6.07, 6.45) is -1.96. The van der Waals surface area contributed by atoms with Crippen molar-refractivity contribution in [2.75, 3.05) is 5.75 Å². The fourth-order valence-electron chi connectivity index (χ4n) is 2.15. The molecule has 2 amide bonds. The van der Waals surface area contributed by atoms with Gasteiger partial charge >= 0.3 is 12.1 Å². The van der Waals surface area contributed by atoms with Gasteiger partial charge in [-0.2, -0.15) is 0 Å². The Balaban J connectivity index is 2.93. The van der Waals surface area contributed by atoms with Gasteiger partial charge in [-0.15, -0.1) is 4.36 Å². The van der Waals surface area contributed by atoms with Gasteiger partial charge < -0.3 is 9.84 Å². The van der Waals surface area contributed by atoms with Crippen molar-refractivity contribution in [1.82, 2.24) is 4.72 Å². The molecular weight excluding hydrogens is 348 g/mol. The molecule has 0 aliphatic heterocycles. The van der Waals surface area contributed by atoms with E-state index in [4.69, 9.17) is 9.84 Å². The quantitative estimate of drug-likeness (QED) is 0.760. The van der Waals surface area contributed by atoms with Crippen molar-refractivity contribution in [1.29, 1.82) is 0 Å². The van der Waals surface area contributed by atoms with Crippen LogP contribution in [-0.4, -0.2) is 33.0 Å². The van der Waals surface area contributed by atoms with Gasteiger partial charge in [0.25, 0.3) is 0 Å². The molecule has 3 atom stereocenters. The van der Waals surface area contributed by atoms with Gasteiger partial charge in [0.15, 0.2) is 0 Å². The molecule has 0 spiro atoms. The van der Waals surface area contributed by atoms with Gasteiger partial charge in [-0.25, -0.2) is 9.00 Å². The number of rotatable bonds is 7. The second kappa shape index (κ2) is 9.16. The normalized spacial score (nSPS) is 15.3. The van der Waals surface area contributed by atoms with Crippen molar-refractivity contribution in [3.63, 3.8) is 0 Å². The van der Waals surface area contributed by atoms with E-state index in [0.29, 0.717) is 0 Å². The van der Waals surface area contributed by atoms with Crippen LogP contribution in [0.4, 0.5) is 4.79 Å². The Labute approximate surface area is 146 Å². The SMILES string of the molecule is CC(=O)N[S@](=O)(C[C@@H](C)CC(=O)O)=NC(=O)O[C@@H](C)c1ccccc1. The maximum Gasteiger partial charge on any atom is 0.443 e. The Bertz CT molecular complexity index is 740. The third-order valence-corrected chi connectivity index (χ3v) is 5.18. The van der Waals surface area contributed by atoms with Crippen LogP contribution in [0.5, 0.6) is 0 Å². The predicted molar refractivity (Wildman–Crippen MR) is 92.0 cm³/mol. The summed E-state index contributed by atoms with van der Waals surface area (Å²) in [5.41, 5.74) is 0.733. The van der Waals surface area contributed by atoms with Gasteiger partial charge in [0.1, 0.15) is 16.0 Å². The van der Waals surface area contributed by atoms with Crippen LogP contribution >= 0.6 is 0 Å². The van der Waals surface area contributed by atoms with E-state index in [0.717, 1.165) is 12.5 Å². The molecule has 1 aromatic rings. The van der Waals surface area contributed by atoms with Crippen molar-refractivity contribution in [3.8, 4) is 0 Å². The molecule has 1 aromatic carbocycles. The topological polar surface area (TPSA) is 122 Å². The summed E-state index contributed by atoms with van der Waals surface area (Å²) in [5, 5.41) is 8.79. The van der Waals surface area contributed by atoms with Gasteiger partial charge in [0.2, 0.25) is 5.91 Å². The van der Waals surface area contributed by atoms with E-state index in [9.17, 15) is 18.6 Å². The summed E-state index contributed by atoms with van der Waals surface area (Å²) in [6.45, 7) is 4.31. The molecule has 0 fully saturated rings. The van der Waals surface area contributed by atoms with E-state index in [1.165, 1.54) is 0 Å². The first-order valence-electron chi connectivity index (χ1n) is 7.62. The number of hydrogen-bond acceptors (Lipinski definition) is 5.